The van der Waals surface area contributed by atoms with E-state index < -0.39 is 12.2 Å². The third kappa shape index (κ3) is 2.46. The molecule has 3 nitrogen and oxygen atoms in total. The lowest BCUT2D eigenvalue weighted by Crippen LogP contribution is -2.15. The van der Waals surface area contributed by atoms with Gasteiger partial charge in [0.2, 0.25) is 0 Å². The van der Waals surface area contributed by atoms with Crippen LogP contribution in [0.25, 0.3) is 0 Å². The number of benzene rings is 1. The topological polar surface area (TPSA) is 64.2 Å². The van der Waals surface area contributed by atoms with Gasteiger partial charge in [0.1, 0.15) is 6.10 Å². The summed E-state index contributed by atoms with van der Waals surface area (Å²) in [6, 6.07) is 8.35. The largest absolute Gasteiger partial charge is 0.385 e. The normalized spacial score (nSPS) is 14.4. The fraction of sp³-hybridized carbons (Fsp3) is 0.300. The van der Waals surface area contributed by atoms with Gasteiger partial charge < -0.3 is 10.2 Å². The number of nitriles is 1. The Bertz CT molecular complexity index is 331. The van der Waals surface area contributed by atoms with E-state index in [1.54, 1.807) is 30.3 Å². The van der Waals surface area contributed by atoms with Gasteiger partial charge in [-0.25, -0.2) is 0 Å². The lowest BCUT2D eigenvalue weighted by molar-refractivity contribution is 0.0528. The van der Waals surface area contributed by atoms with Gasteiger partial charge in [-0.1, -0.05) is 24.3 Å². The first kappa shape index (κ1) is 11.0. The lowest BCUT2D eigenvalue weighted by Gasteiger charge is -2.11. The van der Waals surface area contributed by atoms with Crippen molar-refractivity contribution < 1.29 is 10.2 Å². The number of nitrogens with zero attached hydrogens (tertiary/aromatic N) is 1. The number of hydrogen-bond acceptors (Lipinski definition) is 3. The highest BCUT2D eigenvalue weighted by atomic mass is 35.5. The first-order valence-corrected chi connectivity index (χ1v) is 4.63. The zero-order valence-corrected chi connectivity index (χ0v) is 8.15. The van der Waals surface area contributed by atoms with Crippen molar-refractivity contribution in [2.45, 2.75) is 18.1 Å². The molecule has 0 aliphatic carbocycles. The van der Waals surface area contributed by atoms with Gasteiger partial charge in [-0.2, -0.15) is 5.26 Å². The summed E-state index contributed by atoms with van der Waals surface area (Å²) in [4.78, 5) is 0. The monoisotopic (exact) mass is 211 g/mol. The van der Waals surface area contributed by atoms with Crippen LogP contribution in [0.3, 0.4) is 0 Å². The SMILES string of the molecule is N#CC(O)C(O)c1ccc(CCl)cc1. The van der Waals surface area contributed by atoms with Crippen molar-refractivity contribution in [1.29, 1.82) is 5.26 Å². The van der Waals surface area contributed by atoms with Crippen molar-refractivity contribution in [2.75, 3.05) is 0 Å². The molecule has 1 aromatic carbocycles. The van der Waals surface area contributed by atoms with E-state index in [2.05, 4.69) is 0 Å². The molecule has 2 N–H and O–H groups in total. The summed E-state index contributed by atoms with van der Waals surface area (Å²) in [6.45, 7) is 0. The predicted octanol–water partition coefficient (Wildman–Crippen LogP) is 1.34. The Morgan fingerprint density at radius 1 is 1.29 bits per heavy atom. The molecule has 0 aliphatic heterocycles. The van der Waals surface area contributed by atoms with E-state index in [0.717, 1.165) is 5.56 Å². The van der Waals surface area contributed by atoms with E-state index in [-0.39, 0.29) is 0 Å². The van der Waals surface area contributed by atoms with Crippen molar-refractivity contribution in [2.24, 2.45) is 0 Å². The standard InChI is InChI=1S/C10H10ClNO2/c11-5-7-1-3-8(4-2-7)10(14)9(13)6-12/h1-4,9-10,13-14H,5H2. The summed E-state index contributed by atoms with van der Waals surface area (Å²) in [5.41, 5.74) is 1.43. The van der Waals surface area contributed by atoms with Crippen LogP contribution in [0, 0.1) is 11.3 Å². The van der Waals surface area contributed by atoms with Crippen LogP contribution in [-0.2, 0) is 5.88 Å². The second kappa shape index (κ2) is 4.97. The molecule has 0 saturated carbocycles. The molecule has 0 fully saturated rings. The van der Waals surface area contributed by atoms with Gasteiger partial charge in [0.15, 0.2) is 6.10 Å². The minimum atomic E-state index is -1.39. The quantitative estimate of drug-likeness (QED) is 0.586. The van der Waals surface area contributed by atoms with Crippen molar-refractivity contribution in [3.05, 3.63) is 35.4 Å². The van der Waals surface area contributed by atoms with Gasteiger partial charge in [-0.3, -0.25) is 0 Å². The first-order chi connectivity index (χ1) is 6.69. The Hall–Kier alpha value is -1.08. The molecule has 0 radical (unpaired) electrons. The molecule has 2 atom stereocenters. The highest BCUT2D eigenvalue weighted by Crippen LogP contribution is 2.17. The van der Waals surface area contributed by atoms with E-state index in [4.69, 9.17) is 22.0 Å². The fourth-order valence-electron chi connectivity index (χ4n) is 1.06. The maximum Gasteiger partial charge on any atom is 0.170 e. The van der Waals surface area contributed by atoms with Crippen LogP contribution in [0.1, 0.15) is 17.2 Å². The molecule has 0 saturated heterocycles. The molecule has 4 heteroatoms. The van der Waals surface area contributed by atoms with Crippen LogP contribution in [0.5, 0.6) is 0 Å². The summed E-state index contributed by atoms with van der Waals surface area (Å²) < 4.78 is 0. The van der Waals surface area contributed by atoms with Crippen molar-refractivity contribution in [3.8, 4) is 6.07 Å². The van der Waals surface area contributed by atoms with E-state index in [1.165, 1.54) is 0 Å². The Labute approximate surface area is 87.2 Å². The van der Waals surface area contributed by atoms with Gasteiger partial charge in [-0.15, -0.1) is 11.6 Å². The van der Waals surface area contributed by atoms with Crippen molar-refractivity contribution in [3.63, 3.8) is 0 Å². The average Bonchev–Trinajstić information content (AvgIpc) is 2.27. The zero-order valence-electron chi connectivity index (χ0n) is 7.39. The third-order valence-corrected chi connectivity index (χ3v) is 2.22. The van der Waals surface area contributed by atoms with Crippen LogP contribution in [0.4, 0.5) is 0 Å². The van der Waals surface area contributed by atoms with E-state index in [9.17, 15) is 5.11 Å². The number of aliphatic hydroxyl groups excluding tert-OH is 2. The highest BCUT2D eigenvalue weighted by Gasteiger charge is 2.16. The smallest absolute Gasteiger partial charge is 0.170 e. The molecule has 0 aliphatic rings. The highest BCUT2D eigenvalue weighted by molar-refractivity contribution is 6.17. The molecule has 2 unspecified atom stereocenters. The summed E-state index contributed by atoms with van der Waals surface area (Å²) in [5.74, 6) is 0.400. The van der Waals surface area contributed by atoms with Crippen molar-refractivity contribution >= 4 is 11.6 Å². The van der Waals surface area contributed by atoms with E-state index >= 15 is 0 Å². The first-order valence-electron chi connectivity index (χ1n) is 4.09. The van der Waals surface area contributed by atoms with Crippen LogP contribution < -0.4 is 0 Å². The lowest BCUT2D eigenvalue weighted by atomic mass is 10.0. The molecule has 0 spiro atoms. The van der Waals surface area contributed by atoms with E-state index in [0.29, 0.717) is 11.4 Å². The molecular weight excluding hydrogens is 202 g/mol. The molecule has 14 heavy (non-hydrogen) atoms. The number of aliphatic hydroxyl groups is 2. The molecular formula is C10H10ClNO2. The number of rotatable bonds is 3. The fourth-order valence-corrected chi connectivity index (χ4v) is 1.23. The van der Waals surface area contributed by atoms with Crippen LogP contribution >= 0.6 is 11.6 Å². The molecule has 1 rings (SSSR count). The van der Waals surface area contributed by atoms with Gasteiger partial charge in [0.25, 0.3) is 0 Å². The minimum Gasteiger partial charge on any atom is -0.385 e. The second-order valence-corrected chi connectivity index (χ2v) is 3.16. The van der Waals surface area contributed by atoms with Gasteiger partial charge in [0, 0.05) is 5.88 Å². The zero-order chi connectivity index (χ0) is 10.6. The molecule has 0 bridgehead atoms. The van der Waals surface area contributed by atoms with Gasteiger partial charge in [0.05, 0.1) is 6.07 Å². The molecule has 1 aromatic rings. The number of hydrogen-bond donors (Lipinski definition) is 2. The molecule has 0 aromatic heterocycles. The summed E-state index contributed by atoms with van der Waals surface area (Å²) >= 11 is 5.58. The third-order valence-electron chi connectivity index (χ3n) is 1.91. The maximum absolute atomic E-state index is 9.45. The summed E-state index contributed by atoms with van der Waals surface area (Å²) in [7, 11) is 0. The van der Waals surface area contributed by atoms with Gasteiger partial charge in [-0.05, 0) is 11.1 Å². The Morgan fingerprint density at radius 2 is 1.86 bits per heavy atom. The van der Waals surface area contributed by atoms with Gasteiger partial charge >= 0.3 is 0 Å². The van der Waals surface area contributed by atoms with Crippen LogP contribution in [-0.4, -0.2) is 16.3 Å². The number of halogens is 1. The average molecular weight is 212 g/mol. The number of alkyl halides is 1. The second-order valence-electron chi connectivity index (χ2n) is 2.89. The van der Waals surface area contributed by atoms with E-state index in [1.807, 2.05) is 0 Å². The van der Waals surface area contributed by atoms with Crippen LogP contribution in [0.2, 0.25) is 0 Å². The predicted molar refractivity (Wildman–Crippen MR) is 52.6 cm³/mol. The summed E-state index contributed by atoms with van der Waals surface area (Å²) in [5, 5.41) is 26.9. The summed E-state index contributed by atoms with van der Waals surface area (Å²) in [6.07, 6.45) is -2.55. The Morgan fingerprint density at radius 3 is 2.29 bits per heavy atom. The Balaban J connectivity index is 2.82. The molecule has 74 valence electrons. The Kier molecular flexibility index (Phi) is 3.90. The maximum atomic E-state index is 9.45. The van der Waals surface area contributed by atoms with Crippen molar-refractivity contribution in [1.82, 2.24) is 0 Å². The molecule has 0 amide bonds. The van der Waals surface area contributed by atoms with Crippen LogP contribution in [0.15, 0.2) is 24.3 Å². The molecule has 0 heterocycles. The minimum absolute atomic E-state index is 0.400.